The van der Waals surface area contributed by atoms with Crippen LogP contribution >= 0.6 is 11.6 Å². The van der Waals surface area contributed by atoms with Crippen LogP contribution in [0.5, 0.6) is 0 Å². The van der Waals surface area contributed by atoms with Gasteiger partial charge in [0.05, 0.1) is 10.7 Å². The lowest BCUT2D eigenvalue weighted by Gasteiger charge is -2.11. The zero-order valence-corrected chi connectivity index (χ0v) is 10.6. The van der Waals surface area contributed by atoms with Gasteiger partial charge in [-0.15, -0.1) is 0 Å². The van der Waals surface area contributed by atoms with Crippen molar-refractivity contribution in [3.05, 3.63) is 64.2 Å². The summed E-state index contributed by atoms with van der Waals surface area (Å²) in [5, 5.41) is 3.64. The van der Waals surface area contributed by atoms with Gasteiger partial charge < -0.3 is 5.32 Å². The fourth-order valence-electron chi connectivity index (χ4n) is 1.70. The lowest BCUT2D eigenvalue weighted by atomic mass is 10.1. The van der Waals surface area contributed by atoms with Crippen LogP contribution in [0, 0.1) is 18.6 Å². The van der Waals surface area contributed by atoms with Crippen molar-refractivity contribution in [2.75, 3.05) is 5.32 Å². The number of anilines is 1. The van der Waals surface area contributed by atoms with Gasteiger partial charge in [0.1, 0.15) is 11.6 Å². The van der Waals surface area contributed by atoms with Crippen LogP contribution in [0.3, 0.4) is 0 Å². The van der Waals surface area contributed by atoms with E-state index in [9.17, 15) is 8.78 Å². The third-order valence-corrected chi connectivity index (χ3v) is 3.01. The molecule has 4 heteroatoms. The van der Waals surface area contributed by atoms with Crippen molar-refractivity contribution in [1.82, 2.24) is 0 Å². The maximum absolute atomic E-state index is 13.4. The number of rotatable bonds is 3. The predicted molar refractivity (Wildman–Crippen MR) is 69.9 cm³/mol. The maximum Gasteiger partial charge on any atom is 0.131 e. The molecular weight excluding hydrogens is 256 g/mol. The van der Waals surface area contributed by atoms with Gasteiger partial charge in [-0.25, -0.2) is 8.78 Å². The third-order valence-electron chi connectivity index (χ3n) is 2.69. The minimum Gasteiger partial charge on any atom is -0.379 e. The summed E-state index contributed by atoms with van der Waals surface area (Å²) in [4.78, 5) is 0. The molecule has 0 aliphatic rings. The molecule has 2 rings (SSSR count). The Hall–Kier alpha value is -1.61. The molecule has 0 saturated heterocycles. The molecule has 0 unspecified atom stereocenters. The summed E-state index contributed by atoms with van der Waals surface area (Å²) < 4.78 is 26.2. The van der Waals surface area contributed by atoms with E-state index in [1.807, 2.05) is 19.1 Å². The zero-order valence-electron chi connectivity index (χ0n) is 9.81. The first-order valence-corrected chi connectivity index (χ1v) is 5.88. The molecule has 94 valence electrons. The summed E-state index contributed by atoms with van der Waals surface area (Å²) in [5.41, 5.74) is 2.14. The Bertz CT molecular complexity index is 549. The molecule has 1 N–H and O–H groups in total. The number of benzene rings is 2. The van der Waals surface area contributed by atoms with Crippen LogP contribution in [0.2, 0.25) is 5.02 Å². The molecule has 0 bridgehead atoms. The minimum atomic E-state index is -0.579. The van der Waals surface area contributed by atoms with E-state index in [1.54, 1.807) is 6.07 Å². The molecule has 0 amide bonds. The van der Waals surface area contributed by atoms with E-state index in [0.29, 0.717) is 10.6 Å². The smallest absolute Gasteiger partial charge is 0.131 e. The number of hydrogen-bond acceptors (Lipinski definition) is 1. The molecule has 18 heavy (non-hydrogen) atoms. The fourth-order valence-corrected chi connectivity index (χ4v) is 1.99. The Morgan fingerprint density at radius 3 is 2.61 bits per heavy atom. The van der Waals surface area contributed by atoms with E-state index in [-0.39, 0.29) is 6.54 Å². The van der Waals surface area contributed by atoms with Crippen LogP contribution < -0.4 is 5.32 Å². The van der Waals surface area contributed by atoms with Crippen LogP contribution in [-0.4, -0.2) is 0 Å². The average molecular weight is 268 g/mol. The van der Waals surface area contributed by atoms with Gasteiger partial charge in [0.25, 0.3) is 0 Å². The van der Waals surface area contributed by atoms with E-state index in [0.717, 1.165) is 17.3 Å². The molecule has 0 heterocycles. The first kappa shape index (κ1) is 12.8. The SMILES string of the molecule is Cc1cccc(Cl)c1NCc1ccc(F)cc1F. The van der Waals surface area contributed by atoms with Crippen molar-refractivity contribution in [2.45, 2.75) is 13.5 Å². The second-order valence-electron chi connectivity index (χ2n) is 4.02. The Kier molecular flexibility index (Phi) is 3.82. The van der Waals surface area contributed by atoms with Gasteiger partial charge in [0, 0.05) is 18.2 Å². The molecular formula is C14H12ClF2N. The van der Waals surface area contributed by atoms with E-state index >= 15 is 0 Å². The van der Waals surface area contributed by atoms with Gasteiger partial charge in [0.2, 0.25) is 0 Å². The topological polar surface area (TPSA) is 12.0 Å². The predicted octanol–water partition coefficient (Wildman–Crippen LogP) is 4.54. The zero-order chi connectivity index (χ0) is 13.1. The van der Waals surface area contributed by atoms with Crippen molar-refractivity contribution in [1.29, 1.82) is 0 Å². The van der Waals surface area contributed by atoms with Crippen LogP contribution in [0.4, 0.5) is 14.5 Å². The molecule has 0 spiro atoms. The Labute approximate surface area is 109 Å². The summed E-state index contributed by atoms with van der Waals surface area (Å²) in [6.07, 6.45) is 0. The van der Waals surface area contributed by atoms with Crippen molar-refractivity contribution in [3.63, 3.8) is 0 Å². The van der Waals surface area contributed by atoms with Gasteiger partial charge in [-0.1, -0.05) is 29.8 Å². The van der Waals surface area contributed by atoms with E-state index < -0.39 is 11.6 Å². The highest BCUT2D eigenvalue weighted by Gasteiger charge is 2.06. The van der Waals surface area contributed by atoms with Crippen molar-refractivity contribution in [3.8, 4) is 0 Å². The summed E-state index contributed by atoms with van der Waals surface area (Å²) in [7, 11) is 0. The molecule has 0 aromatic heterocycles. The fraction of sp³-hybridized carbons (Fsp3) is 0.143. The quantitative estimate of drug-likeness (QED) is 0.861. The lowest BCUT2D eigenvalue weighted by Crippen LogP contribution is -2.04. The van der Waals surface area contributed by atoms with Crippen LogP contribution in [0.1, 0.15) is 11.1 Å². The van der Waals surface area contributed by atoms with Gasteiger partial charge in [-0.3, -0.25) is 0 Å². The Morgan fingerprint density at radius 1 is 1.17 bits per heavy atom. The highest BCUT2D eigenvalue weighted by atomic mass is 35.5. The monoisotopic (exact) mass is 267 g/mol. The second kappa shape index (κ2) is 5.36. The summed E-state index contributed by atoms with van der Waals surface area (Å²) in [6.45, 7) is 2.17. The van der Waals surface area contributed by atoms with E-state index in [1.165, 1.54) is 12.1 Å². The van der Waals surface area contributed by atoms with Crippen LogP contribution in [0.15, 0.2) is 36.4 Å². The van der Waals surface area contributed by atoms with Gasteiger partial charge in [0.15, 0.2) is 0 Å². The highest BCUT2D eigenvalue weighted by Crippen LogP contribution is 2.26. The maximum atomic E-state index is 13.4. The number of nitrogens with one attached hydrogen (secondary N) is 1. The molecule has 0 aliphatic carbocycles. The van der Waals surface area contributed by atoms with E-state index in [2.05, 4.69) is 5.32 Å². The van der Waals surface area contributed by atoms with Crippen molar-refractivity contribution in [2.24, 2.45) is 0 Å². The van der Waals surface area contributed by atoms with Crippen LogP contribution in [0.25, 0.3) is 0 Å². The molecule has 2 aromatic carbocycles. The lowest BCUT2D eigenvalue weighted by molar-refractivity contribution is 0.574. The second-order valence-corrected chi connectivity index (χ2v) is 4.43. The molecule has 0 radical (unpaired) electrons. The summed E-state index contributed by atoms with van der Waals surface area (Å²) >= 11 is 6.04. The molecule has 0 saturated carbocycles. The minimum absolute atomic E-state index is 0.261. The first-order chi connectivity index (χ1) is 8.58. The first-order valence-electron chi connectivity index (χ1n) is 5.51. The summed E-state index contributed by atoms with van der Waals surface area (Å²) in [5.74, 6) is -1.14. The van der Waals surface area contributed by atoms with Crippen LogP contribution in [-0.2, 0) is 6.54 Å². The summed E-state index contributed by atoms with van der Waals surface area (Å²) in [6, 6.07) is 9.05. The highest BCUT2D eigenvalue weighted by molar-refractivity contribution is 6.33. The number of aryl methyl sites for hydroxylation is 1. The molecule has 0 fully saturated rings. The van der Waals surface area contributed by atoms with Crippen molar-refractivity contribution < 1.29 is 8.78 Å². The third kappa shape index (κ3) is 2.79. The van der Waals surface area contributed by atoms with Gasteiger partial charge in [-0.05, 0) is 24.6 Å². The number of para-hydroxylation sites is 1. The largest absolute Gasteiger partial charge is 0.379 e. The standard InChI is InChI=1S/C14H12ClF2N/c1-9-3-2-4-12(15)14(9)18-8-10-5-6-11(16)7-13(10)17/h2-7,18H,8H2,1H3. The van der Waals surface area contributed by atoms with Crippen molar-refractivity contribution >= 4 is 17.3 Å². The molecule has 0 aliphatic heterocycles. The molecule has 0 atom stereocenters. The Balaban J connectivity index is 2.16. The van der Waals surface area contributed by atoms with Gasteiger partial charge >= 0.3 is 0 Å². The number of halogens is 3. The normalized spacial score (nSPS) is 10.4. The van der Waals surface area contributed by atoms with E-state index in [4.69, 9.17) is 11.6 Å². The molecule has 1 nitrogen and oxygen atoms in total. The average Bonchev–Trinajstić information content (AvgIpc) is 2.31. The van der Waals surface area contributed by atoms with Gasteiger partial charge in [-0.2, -0.15) is 0 Å². The molecule has 2 aromatic rings. The Morgan fingerprint density at radius 2 is 1.94 bits per heavy atom. The number of hydrogen-bond donors (Lipinski definition) is 1.